The molecule has 31 heavy (non-hydrogen) atoms. The zero-order chi connectivity index (χ0) is 22.0. The van der Waals surface area contributed by atoms with Crippen LogP contribution in [0.15, 0.2) is 29.7 Å². The molecule has 0 saturated heterocycles. The van der Waals surface area contributed by atoms with Gasteiger partial charge in [0.2, 0.25) is 0 Å². The van der Waals surface area contributed by atoms with Gasteiger partial charge in [0.25, 0.3) is 0 Å². The fourth-order valence-corrected chi connectivity index (χ4v) is 4.62. The third-order valence-corrected chi connectivity index (χ3v) is 6.63. The third-order valence-electron chi connectivity index (χ3n) is 5.86. The number of nitrogens with zero attached hydrogens (tertiary/aromatic N) is 3. The lowest BCUT2D eigenvalue weighted by Gasteiger charge is -2.32. The number of aromatic nitrogens is 3. The second-order valence-electron chi connectivity index (χ2n) is 7.96. The first-order valence-corrected chi connectivity index (χ1v) is 11.2. The third kappa shape index (κ3) is 4.75. The van der Waals surface area contributed by atoms with Crippen molar-refractivity contribution in [2.45, 2.75) is 44.6 Å². The van der Waals surface area contributed by atoms with Crippen molar-refractivity contribution in [3.63, 3.8) is 0 Å². The number of aromatic amines is 1. The van der Waals surface area contributed by atoms with E-state index in [9.17, 15) is 4.39 Å². The molecular formula is C21H26Cl2FN7. The fourth-order valence-electron chi connectivity index (χ4n) is 4.13. The molecule has 0 amide bonds. The SMILES string of the molecule is NC1=C(/C=C(\N)c2nnc(C3CCCCC3)[nH]2)N(Cc2c(Cl)ccc(F)c2Cl)CCN1. The summed E-state index contributed by atoms with van der Waals surface area (Å²) in [5.74, 6) is 1.74. The number of hydrogen-bond acceptors (Lipinski definition) is 6. The highest BCUT2D eigenvalue weighted by atomic mass is 35.5. The molecule has 7 nitrogen and oxygen atoms in total. The van der Waals surface area contributed by atoms with Crippen LogP contribution in [0.25, 0.3) is 5.70 Å². The van der Waals surface area contributed by atoms with E-state index in [1.165, 1.54) is 31.4 Å². The summed E-state index contributed by atoms with van der Waals surface area (Å²) < 4.78 is 14.0. The summed E-state index contributed by atoms with van der Waals surface area (Å²) in [7, 11) is 0. The minimum absolute atomic E-state index is 0.00765. The summed E-state index contributed by atoms with van der Waals surface area (Å²) >= 11 is 12.4. The van der Waals surface area contributed by atoms with Crippen molar-refractivity contribution in [2.24, 2.45) is 11.5 Å². The predicted octanol–water partition coefficient (Wildman–Crippen LogP) is 3.83. The zero-order valence-corrected chi connectivity index (χ0v) is 18.6. The number of allylic oxidation sites excluding steroid dienone is 1. The zero-order valence-electron chi connectivity index (χ0n) is 17.1. The van der Waals surface area contributed by atoms with E-state index in [0.717, 1.165) is 18.7 Å². The largest absolute Gasteiger partial charge is 0.396 e. The maximum absolute atomic E-state index is 14.0. The summed E-state index contributed by atoms with van der Waals surface area (Å²) in [5, 5.41) is 12.1. The van der Waals surface area contributed by atoms with E-state index in [2.05, 4.69) is 20.5 Å². The number of H-pyrrole nitrogens is 1. The summed E-state index contributed by atoms with van der Waals surface area (Å²) in [6.07, 6.45) is 7.66. The van der Waals surface area contributed by atoms with Crippen molar-refractivity contribution < 1.29 is 4.39 Å². The Morgan fingerprint density at radius 3 is 2.77 bits per heavy atom. The lowest BCUT2D eigenvalue weighted by molar-refractivity contribution is 0.321. The smallest absolute Gasteiger partial charge is 0.177 e. The number of halogens is 3. The molecule has 0 radical (unpaired) electrons. The second-order valence-corrected chi connectivity index (χ2v) is 8.75. The summed E-state index contributed by atoms with van der Waals surface area (Å²) in [6, 6.07) is 2.75. The van der Waals surface area contributed by atoms with Crippen LogP contribution >= 0.6 is 23.2 Å². The molecule has 166 valence electrons. The number of nitrogens with two attached hydrogens (primary N) is 2. The highest BCUT2D eigenvalue weighted by molar-refractivity contribution is 6.36. The van der Waals surface area contributed by atoms with E-state index in [1.54, 1.807) is 6.08 Å². The first kappa shape index (κ1) is 21.8. The first-order valence-electron chi connectivity index (χ1n) is 10.4. The van der Waals surface area contributed by atoms with Crippen LogP contribution in [0.5, 0.6) is 0 Å². The van der Waals surface area contributed by atoms with Gasteiger partial charge >= 0.3 is 0 Å². The maximum Gasteiger partial charge on any atom is 0.177 e. The van der Waals surface area contributed by atoms with Gasteiger partial charge in [-0.3, -0.25) is 0 Å². The van der Waals surface area contributed by atoms with Crippen molar-refractivity contribution in [1.29, 1.82) is 0 Å². The van der Waals surface area contributed by atoms with Crippen LogP contribution in [0.1, 0.15) is 55.2 Å². The Bertz CT molecular complexity index is 1010. The molecule has 10 heteroatoms. The minimum atomic E-state index is -0.512. The van der Waals surface area contributed by atoms with Gasteiger partial charge in [0.15, 0.2) is 5.82 Å². The quantitative estimate of drug-likeness (QED) is 0.499. The Kier molecular flexibility index (Phi) is 6.57. The van der Waals surface area contributed by atoms with E-state index in [4.69, 9.17) is 34.7 Å². The number of nitrogens with one attached hydrogen (secondary N) is 2. The molecule has 0 bridgehead atoms. The second kappa shape index (κ2) is 9.36. The molecule has 1 aliphatic heterocycles. The normalized spacial score (nSPS) is 18.4. The van der Waals surface area contributed by atoms with Crippen LogP contribution in [0.2, 0.25) is 10.0 Å². The average Bonchev–Trinajstić information content (AvgIpc) is 3.27. The van der Waals surface area contributed by atoms with E-state index in [0.29, 0.717) is 59.2 Å². The van der Waals surface area contributed by atoms with Gasteiger partial charge < -0.3 is 26.7 Å². The number of benzene rings is 1. The van der Waals surface area contributed by atoms with Gasteiger partial charge in [-0.2, -0.15) is 0 Å². The molecule has 1 fully saturated rings. The maximum atomic E-state index is 14.0. The van der Waals surface area contributed by atoms with Crippen molar-refractivity contribution >= 4 is 28.9 Å². The molecule has 1 aromatic heterocycles. The molecule has 2 heterocycles. The van der Waals surface area contributed by atoms with Gasteiger partial charge in [-0.15, -0.1) is 10.2 Å². The molecule has 0 atom stereocenters. The lowest BCUT2D eigenvalue weighted by atomic mass is 9.89. The Morgan fingerprint density at radius 1 is 1.23 bits per heavy atom. The van der Waals surface area contributed by atoms with Gasteiger partial charge in [0.05, 0.1) is 16.4 Å². The predicted molar refractivity (Wildman–Crippen MR) is 120 cm³/mol. The van der Waals surface area contributed by atoms with E-state index in [1.807, 2.05) is 4.90 Å². The Morgan fingerprint density at radius 2 is 2.00 bits per heavy atom. The number of hydrogen-bond donors (Lipinski definition) is 4. The fraction of sp³-hybridized carbons (Fsp3) is 0.429. The van der Waals surface area contributed by atoms with Gasteiger partial charge in [-0.1, -0.05) is 42.5 Å². The highest BCUT2D eigenvalue weighted by Gasteiger charge is 2.23. The van der Waals surface area contributed by atoms with Crippen LogP contribution in [0.4, 0.5) is 4.39 Å². The topological polar surface area (TPSA) is 109 Å². The monoisotopic (exact) mass is 465 g/mol. The van der Waals surface area contributed by atoms with Crippen molar-refractivity contribution in [1.82, 2.24) is 25.4 Å². The van der Waals surface area contributed by atoms with Gasteiger partial charge in [0.1, 0.15) is 17.5 Å². The van der Waals surface area contributed by atoms with Crippen LogP contribution < -0.4 is 16.8 Å². The molecule has 1 aromatic carbocycles. The van der Waals surface area contributed by atoms with Crippen LogP contribution in [-0.4, -0.2) is 33.2 Å². The summed E-state index contributed by atoms with van der Waals surface area (Å²) in [4.78, 5) is 5.23. The Balaban J connectivity index is 1.58. The molecule has 1 saturated carbocycles. The molecule has 0 unspecified atom stereocenters. The molecule has 2 aliphatic rings. The highest BCUT2D eigenvalue weighted by Crippen LogP contribution is 2.32. The summed E-state index contributed by atoms with van der Waals surface area (Å²) in [6.45, 7) is 1.54. The molecule has 1 aliphatic carbocycles. The molecule has 6 N–H and O–H groups in total. The minimum Gasteiger partial charge on any atom is -0.396 e. The van der Waals surface area contributed by atoms with E-state index >= 15 is 0 Å². The molecule has 2 aromatic rings. The standard InChI is InChI=1S/C21H26Cl2FN7/c22-14-6-7-15(24)18(23)13(14)11-31-9-8-27-19(26)17(31)10-16(25)21-28-20(29-30-21)12-4-2-1-3-5-12/h6-7,10,12,27H,1-5,8-9,11,25-26H2,(H,28,29,30)/b16-10-. The van der Waals surface area contributed by atoms with E-state index in [-0.39, 0.29) is 5.02 Å². The lowest BCUT2D eigenvalue weighted by Crippen LogP contribution is -2.41. The molecule has 0 spiro atoms. The van der Waals surface area contributed by atoms with Crippen molar-refractivity contribution in [3.05, 3.63) is 62.8 Å². The summed E-state index contributed by atoms with van der Waals surface area (Å²) in [5.41, 5.74) is 14.1. The van der Waals surface area contributed by atoms with Crippen LogP contribution in [-0.2, 0) is 6.54 Å². The first-order chi connectivity index (χ1) is 14.9. The van der Waals surface area contributed by atoms with Gasteiger partial charge in [0, 0.05) is 36.1 Å². The van der Waals surface area contributed by atoms with Crippen LogP contribution in [0, 0.1) is 5.82 Å². The van der Waals surface area contributed by atoms with Gasteiger partial charge in [-0.25, -0.2) is 4.39 Å². The van der Waals surface area contributed by atoms with Gasteiger partial charge in [-0.05, 0) is 31.1 Å². The molecule has 4 rings (SSSR count). The Labute approximate surface area is 190 Å². The number of rotatable bonds is 5. The van der Waals surface area contributed by atoms with Crippen molar-refractivity contribution in [2.75, 3.05) is 13.1 Å². The molecular weight excluding hydrogens is 440 g/mol. The van der Waals surface area contributed by atoms with E-state index < -0.39 is 5.82 Å². The van der Waals surface area contributed by atoms with Crippen molar-refractivity contribution in [3.8, 4) is 0 Å². The Hall–Kier alpha value is -2.45. The van der Waals surface area contributed by atoms with Crippen LogP contribution in [0.3, 0.4) is 0 Å². The average molecular weight is 466 g/mol.